The lowest BCUT2D eigenvalue weighted by atomic mass is 10.0. The van der Waals surface area contributed by atoms with Crippen LogP contribution in [0, 0.1) is 0 Å². The van der Waals surface area contributed by atoms with Crippen LogP contribution in [0.5, 0.6) is 0 Å². The van der Waals surface area contributed by atoms with Gasteiger partial charge in [0.1, 0.15) is 13.2 Å². The van der Waals surface area contributed by atoms with E-state index in [9.17, 15) is 14.4 Å². The van der Waals surface area contributed by atoms with E-state index < -0.39 is 6.10 Å². The average Bonchev–Trinajstić information content (AvgIpc) is 3.41. The third-order valence-electron chi connectivity index (χ3n) is 13.9. The van der Waals surface area contributed by atoms with Crippen molar-refractivity contribution in [1.82, 2.24) is 0 Å². The number of unbranched alkanes of at least 4 members (excludes halogenated alkanes) is 33. The summed E-state index contributed by atoms with van der Waals surface area (Å²) in [6.45, 7) is 6.50. The molecule has 0 aliphatic carbocycles. The second-order valence-electron chi connectivity index (χ2n) is 21.3. The lowest BCUT2D eigenvalue weighted by Crippen LogP contribution is -2.30. The molecule has 75 heavy (non-hydrogen) atoms. The normalized spacial score (nSPS) is 12.6. The summed E-state index contributed by atoms with van der Waals surface area (Å²) in [7, 11) is 0. The number of ether oxygens (including phenoxy) is 3. The molecule has 0 aromatic rings. The van der Waals surface area contributed by atoms with Crippen LogP contribution in [0.4, 0.5) is 0 Å². The molecule has 0 spiro atoms. The van der Waals surface area contributed by atoms with E-state index in [1.165, 1.54) is 161 Å². The Kier molecular flexibility index (Phi) is 60.3. The molecule has 0 radical (unpaired) electrons. The van der Waals surface area contributed by atoms with Gasteiger partial charge in [0.2, 0.25) is 0 Å². The molecule has 0 bridgehead atoms. The number of allylic oxidation sites excluding steroid dienone is 14. The largest absolute Gasteiger partial charge is 0.462 e. The fourth-order valence-electron chi connectivity index (χ4n) is 9.08. The van der Waals surface area contributed by atoms with Crippen molar-refractivity contribution in [3.63, 3.8) is 0 Å². The Labute approximate surface area is 465 Å². The molecule has 0 aromatic carbocycles. The Bertz CT molecular complexity index is 1430. The van der Waals surface area contributed by atoms with Crippen molar-refractivity contribution < 1.29 is 28.6 Å². The molecule has 0 fully saturated rings. The Morgan fingerprint density at radius 1 is 0.280 bits per heavy atom. The van der Waals surface area contributed by atoms with Crippen molar-refractivity contribution in [2.75, 3.05) is 13.2 Å². The zero-order valence-electron chi connectivity index (χ0n) is 49.6. The summed E-state index contributed by atoms with van der Waals surface area (Å²) in [6, 6.07) is 0. The van der Waals surface area contributed by atoms with E-state index in [4.69, 9.17) is 14.2 Å². The fraction of sp³-hybridized carbons (Fsp3) is 0.754. The third kappa shape index (κ3) is 61.3. The Morgan fingerprint density at radius 3 is 0.853 bits per heavy atom. The first-order chi connectivity index (χ1) is 37.0. The summed E-state index contributed by atoms with van der Waals surface area (Å²) in [5.74, 6) is -0.894. The number of hydrogen-bond acceptors (Lipinski definition) is 6. The Morgan fingerprint density at radius 2 is 0.533 bits per heavy atom. The predicted molar refractivity (Wildman–Crippen MR) is 325 cm³/mol. The SMILES string of the molecule is CC/C=C\C/C=C\C/C=C\C/C=C\C/C=C\CCCCCCCCCC(=O)OCC(COC(=O)CCCCCCC/C=C\C/C=C\CCCC)OC(=O)CCCCCCCCCCCCCCCCCCCCCC. The molecule has 0 aromatic heterocycles. The van der Waals surface area contributed by atoms with Crippen molar-refractivity contribution in [1.29, 1.82) is 0 Å². The smallest absolute Gasteiger partial charge is 0.306 e. The van der Waals surface area contributed by atoms with Crippen molar-refractivity contribution >= 4 is 17.9 Å². The molecule has 0 saturated carbocycles. The van der Waals surface area contributed by atoms with Crippen molar-refractivity contribution in [3.05, 3.63) is 85.1 Å². The van der Waals surface area contributed by atoms with Crippen LogP contribution in [0.2, 0.25) is 0 Å². The van der Waals surface area contributed by atoms with Crippen LogP contribution in [0.1, 0.15) is 316 Å². The second kappa shape index (κ2) is 63.1. The van der Waals surface area contributed by atoms with E-state index in [-0.39, 0.29) is 31.1 Å². The monoisotopic (exact) mass is 1040 g/mol. The molecule has 0 N–H and O–H groups in total. The molecular formula is C69H120O6. The zero-order chi connectivity index (χ0) is 54.3. The highest BCUT2D eigenvalue weighted by Crippen LogP contribution is 2.17. The summed E-state index contributed by atoms with van der Waals surface area (Å²) in [6.07, 6.45) is 83.0. The van der Waals surface area contributed by atoms with E-state index in [0.717, 1.165) is 116 Å². The molecule has 6 heteroatoms. The van der Waals surface area contributed by atoms with E-state index >= 15 is 0 Å². The summed E-state index contributed by atoms with van der Waals surface area (Å²) >= 11 is 0. The van der Waals surface area contributed by atoms with Crippen LogP contribution in [0.3, 0.4) is 0 Å². The Balaban J connectivity index is 4.36. The van der Waals surface area contributed by atoms with Crippen molar-refractivity contribution in [2.24, 2.45) is 0 Å². The summed E-state index contributed by atoms with van der Waals surface area (Å²) in [4.78, 5) is 38.3. The van der Waals surface area contributed by atoms with Crippen LogP contribution in [-0.4, -0.2) is 37.2 Å². The van der Waals surface area contributed by atoms with Gasteiger partial charge in [-0.05, 0) is 89.9 Å². The van der Waals surface area contributed by atoms with Gasteiger partial charge in [0, 0.05) is 19.3 Å². The van der Waals surface area contributed by atoms with Gasteiger partial charge in [-0.1, -0.05) is 292 Å². The average molecular weight is 1050 g/mol. The summed E-state index contributed by atoms with van der Waals surface area (Å²) < 4.78 is 16.9. The fourth-order valence-corrected chi connectivity index (χ4v) is 9.08. The highest BCUT2D eigenvalue weighted by atomic mass is 16.6. The minimum absolute atomic E-state index is 0.0847. The highest BCUT2D eigenvalue weighted by molar-refractivity contribution is 5.71. The highest BCUT2D eigenvalue weighted by Gasteiger charge is 2.19. The van der Waals surface area contributed by atoms with Gasteiger partial charge in [0.05, 0.1) is 0 Å². The van der Waals surface area contributed by atoms with E-state index in [1.807, 2.05) is 0 Å². The summed E-state index contributed by atoms with van der Waals surface area (Å²) in [5.41, 5.74) is 0. The van der Waals surface area contributed by atoms with Gasteiger partial charge in [-0.15, -0.1) is 0 Å². The van der Waals surface area contributed by atoms with E-state index in [2.05, 4.69) is 106 Å². The number of carbonyl (C=O) groups excluding carboxylic acids is 3. The van der Waals surface area contributed by atoms with Crippen LogP contribution in [-0.2, 0) is 28.6 Å². The Hall–Kier alpha value is -3.41. The first-order valence-corrected chi connectivity index (χ1v) is 32.1. The third-order valence-corrected chi connectivity index (χ3v) is 13.9. The zero-order valence-corrected chi connectivity index (χ0v) is 49.6. The molecule has 1 unspecified atom stereocenters. The topological polar surface area (TPSA) is 78.9 Å². The molecule has 0 amide bonds. The van der Waals surface area contributed by atoms with Crippen molar-refractivity contribution in [2.45, 2.75) is 322 Å². The van der Waals surface area contributed by atoms with E-state index in [1.54, 1.807) is 0 Å². The minimum atomic E-state index is -0.787. The lowest BCUT2D eigenvalue weighted by Gasteiger charge is -2.18. The first-order valence-electron chi connectivity index (χ1n) is 32.1. The van der Waals surface area contributed by atoms with Gasteiger partial charge in [0.15, 0.2) is 6.10 Å². The second-order valence-corrected chi connectivity index (χ2v) is 21.3. The predicted octanol–water partition coefficient (Wildman–Crippen LogP) is 21.9. The molecule has 0 saturated heterocycles. The van der Waals surface area contributed by atoms with Crippen LogP contribution < -0.4 is 0 Å². The number of rotatable bonds is 58. The number of carbonyl (C=O) groups is 3. The van der Waals surface area contributed by atoms with Crippen LogP contribution in [0.15, 0.2) is 85.1 Å². The maximum atomic E-state index is 12.9. The lowest BCUT2D eigenvalue weighted by molar-refractivity contribution is -0.167. The minimum Gasteiger partial charge on any atom is -0.462 e. The van der Waals surface area contributed by atoms with Gasteiger partial charge >= 0.3 is 17.9 Å². The number of esters is 3. The van der Waals surface area contributed by atoms with Gasteiger partial charge in [0.25, 0.3) is 0 Å². The quantitative estimate of drug-likeness (QED) is 0.0261. The molecule has 0 rings (SSSR count). The van der Waals surface area contributed by atoms with Gasteiger partial charge < -0.3 is 14.2 Å². The molecule has 6 nitrogen and oxygen atoms in total. The first kappa shape index (κ1) is 71.6. The molecular weight excluding hydrogens is 925 g/mol. The molecule has 0 aliphatic heterocycles. The van der Waals surface area contributed by atoms with Gasteiger partial charge in [-0.25, -0.2) is 0 Å². The molecule has 432 valence electrons. The molecule has 1 atom stereocenters. The van der Waals surface area contributed by atoms with Crippen molar-refractivity contribution in [3.8, 4) is 0 Å². The molecule has 0 aliphatic rings. The van der Waals surface area contributed by atoms with Gasteiger partial charge in [-0.2, -0.15) is 0 Å². The standard InChI is InChI=1S/C69H120O6/c1-4-7-10-13-16-19-22-25-28-30-32-34-35-36-38-39-41-44-47-50-53-56-59-62-68(71)74-65-66(64-73-67(70)61-58-55-52-49-46-43-27-24-21-18-15-12-9-6-3)75-69(72)63-60-57-54-51-48-45-42-40-37-33-31-29-26-23-20-17-14-11-8-5-2/h7,10,15-16,18-19,24-25,27-28,32,34,36,38,66H,4-6,8-9,11-14,17,20-23,26,29-31,33,35,37,39-65H2,1-3H3/b10-7-,18-15-,19-16-,27-24-,28-25-,34-32-,38-36-. The van der Waals surface area contributed by atoms with Crippen LogP contribution >= 0.6 is 0 Å². The van der Waals surface area contributed by atoms with E-state index in [0.29, 0.717) is 19.3 Å². The van der Waals surface area contributed by atoms with Crippen LogP contribution in [0.25, 0.3) is 0 Å². The molecule has 0 heterocycles. The number of hydrogen-bond donors (Lipinski definition) is 0. The van der Waals surface area contributed by atoms with Gasteiger partial charge in [-0.3, -0.25) is 14.4 Å². The maximum absolute atomic E-state index is 12.9. The summed E-state index contributed by atoms with van der Waals surface area (Å²) in [5, 5.41) is 0. The maximum Gasteiger partial charge on any atom is 0.306 e.